The predicted octanol–water partition coefficient (Wildman–Crippen LogP) is 2.45. The number of hydrogen-bond acceptors (Lipinski definition) is 2. The van der Waals surface area contributed by atoms with E-state index in [9.17, 15) is 4.79 Å². The van der Waals surface area contributed by atoms with E-state index in [2.05, 4.69) is 33.6 Å². The maximum atomic E-state index is 10.9. The number of aromatic nitrogens is 1. The van der Waals surface area contributed by atoms with Crippen molar-refractivity contribution in [3.8, 4) is 11.3 Å². The van der Waals surface area contributed by atoms with E-state index in [0.717, 1.165) is 19.4 Å². The molecule has 1 amide bonds. The number of nitrogens with one attached hydrogen (secondary N) is 1. The van der Waals surface area contributed by atoms with Gasteiger partial charge in [-0.2, -0.15) is 0 Å². The van der Waals surface area contributed by atoms with Crippen molar-refractivity contribution < 1.29 is 4.79 Å². The lowest BCUT2D eigenvalue weighted by Crippen LogP contribution is -2.24. The minimum atomic E-state index is 0.0345. The molecule has 3 rings (SSSR count). The van der Waals surface area contributed by atoms with E-state index in [1.807, 2.05) is 11.3 Å². The van der Waals surface area contributed by atoms with Crippen LogP contribution in [0.15, 0.2) is 23.7 Å². The molecule has 18 heavy (non-hydrogen) atoms. The molecule has 0 unspecified atom stereocenters. The van der Waals surface area contributed by atoms with Gasteiger partial charge in [0.15, 0.2) is 0 Å². The first-order valence-electron chi connectivity index (χ1n) is 6.25. The predicted molar refractivity (Wildman–Crippen MR) is 73.8 cm³/mol. The number of fused-ring (bicyclic) bond motifs is 3. The maximum Gasteiger partial charge on any atom is 0.216 e. The Balaban J connectivity index is 1.86. The van der Waals surface area contributed by atoms with E-state index in [1.165, 1.54) is 21.7 Å². The van der Waals surface area contributed by atoms with Crippen molar-refractivity contribution in [2.24, 2.45) is 0 Å². The standard InChI is InChI=1S/C14H16N2OS/c1-10(17)15-6-8-16-7-4-11-2-3-13-12(14(11)16)5-9-18-13/h4-5,7,9H,2-3,6,8H2,1H3,(H,15,17). The van der Waals surface area contributed by atoms with E-state index in [-0.39, 0.29) is 5.91 Å². The SMILES string of the molecule is CC(=O)NCCn1ccc2c1-c1ccsc1CC2. The summed E-state index contributed by atoms with van der Waals surface area (Å²) in [7, 11) is 0. The molecule has 1 N–H and O–H groups in total. The van der Waals surface area contributed by atoms with Gasteiger partial charge >= 0.3 is 0 Å². The highest BCUT2D eigenvalue weighted by Crippen LogP contribution is 2.37. The second kappa shape index (κ2) is 4.61. The van der Waals surface area contributed by atoms with Crippen molar-refractivity contribution >= 4 is 17.2 Å². The Bertz CT molecular complexity index is 582. The van der Waals surface area contributed by atoms with Gasteiger partial charge in [-0.1, -0.05) is 0 Å². The number of thiophene rings is 1. The maximum absolute atomic E-state index is 10.9. The van der Waals surface area contributed by atoms with Crippen LogP contribution in [0.4, 0.5) is 0 Å². The van der Waals surface area contributed by atoms with E-state index in [4.69, 9.17) is 0 Å². The molecule has 2 aromatic heterocycles. The number of rotatable bonds is 3. The highest BCUT2D eigenvalue weighted by Gasteiger charge is 2.20. The highest BCUT2D eigenvalue weighted by molar-refractivity contribution is 7.10. The van der Waals surface area contributed by atoms with Gasteiger partial charge in [0.05, 0.1) is 5.69 Å². The quantitative estimate of drug-likeness (QED) is 0.903. The zero-order valence-corrected chi connectivity index (χ0v) is 11.2. The van der Waals surface area contributed by atoms with Gasteiger partial charge in [-0.15, -0.1) is 11.3 Å². The first kappa shape index (κ1) is 11.5. The minimum absolute atomic E-state index is 0.0345. The van der Waals surface area contributed by atoms with Crippen LogP contribution in [0.3, 0.4) is 0 Å². The largest absolute Gasteiger partial charge is 0.355 e. The molecule has 0 fully saturated rings. The van der Waals surface area contributed by atoms with E-state index >= 15 is 0 Å². The number of nitrogens with zero attached hydrogens (tertiary/aromatic N) is 1. The van der Waals surface area contributed by atoms with Gasteiger partial charge in [-0.05, 0) is 35.9 Å². The summed E-state index contributed by atoms with van der Waals surface area (Å²) in [6.45, 7) is 3.09. The number of amides is 1. The van der Waals surface area contributed by atoms with Gasteiger partial charge in [0.2, 0.25) is 5.91 Å². The molecule has 2 heterocycles. The van der Waals surface area contributed by atoms with Gasteiger partial charge in [0.1, 0.15) is 0 Å². The van der Waals surface area contributed by atoms with Crippen molar-refractivity contribution in [2.45, 2.75) is 26.3 Å². The number of carbonyl (C=O) groups excluding carboxylic acids is 1. The molecule has 0 atom stereocenters. The lowest BCUT2D eigenvalue weighted by atomic mass is 9.97. The van der Waals surface area contributed by atoms with Crippen LogP contribution in [0.1, 0.15) is 17.4 Å². The van der Waals surface area contributed by atoms with Gasteiger partial charge in [-0.3, -0.25) is 4.79 Å². The van der Waals surface area contributed by atoms with Gasteiger partial charge in [-0.25, -0.2) is 0 Å². The second-order valence-corrected chi connectivity index (χ2v) is 5.62. The number of hydrogen-bond donors (Lipinski definition) is 1. The summed E-state index contributed by atoms with van der Waals surface area (Å²) < 4.78 is 2.26. The molecule has 1 aliphatic carbocycles. The fourth-order valence-electron chi connectivity index (χ4n) is 2.58. The zero-order chi connectivity index (χ0) is 12.5. The smallest absolute Gasteiger partial charge is 0.216 e. The van der Waals surface area contributed by atoms with Crippen LogP contribution in [0.25, 0.3) is 11.3 Å². The monoisotopic (exact) mass is 260 g/mol. The molecule has 0 radical (unpaired) electrons. The molecule has 1 aliphatic rings. The van der Waals surface area contributed by atoms with Crippen LogP contribution in [0.5, 0.6) is 0 Å². The molecule has 0 bridgehead atoms. The first-order chi connectivity index (χ1) is 8.75. The van der Waals surface area contributed by atoms with Gasteiger partial charge < -0.3 is 9.88 Å². The number of carbonyl (C=O) groups is 1. The molecule has 0 saturated carbocycles. The molecule has 3 nitrogen and oxygen atoms in total. The van der Waals surface area contributed by atoms with E-state index in [1.54, 1.807) is 6.92 Å². The molecule has 0 spiro atoms. The lowest BCUT2D eigenvalue weighted by molar-refractivity contribution is -0.118. The zero-order valence-electron chi connectivity index (χ0n) is 10.4. The van der Waals surface area contributed by atoms with Crippen molar-refractivity contribution in [2.75, 3.05) is 6.54 Å². The lowest BCUT2D eigenvalue weighted by Gasteiger charge is -2.16. The van der Waals surface area contributed by atoms with Gasteiger partial charge in [0, 0.05) is 36.7 Å². The molecule has 94 valence electrons. The minimum Gasteiger partial charge on any atom is -0.355 e. The number of aryl methyl sites for hydroxylation is 2. The fourth-order valence-corrected chi connectivity index (χ4v) is 3.46. The Hall–Kier alpha value is -1.55. The first-order valence-corrected chi connectivity index (χ1v) is 7.13. The summed E-state index contributed by atoms with van der Waals surface area (Å²) in [5.41, 5.74) is 4.17. The van der Waals surface area contributed by atoms with Crippen LogP contribution < -0.4 is 5.32 Å². The molecule has 0 aliphatic heterocycles. The molecule has 0 aromatic carbocycles. The van der Waals surface area contributed by atoms with Crippen LogP contribution in [0, 0.1) is 0 Å². The summed E-state index contributed by atoms with van der Waals surface area (Å²) >= 11 is 1.85. The normalized spacial score (nSPS) is 12.9. The van der Waals surface area contributed by atoms with E-state index in [0.29, 0.717) is 6.54 Å². The molecular weight excluding hydrogens is 244 g/mol. The fraction of sp³-hybridized carbons (Fsp3) is 0.357. The van der Waals surface area contributed by atoms with Crippen molar-refractivity contribution in [1.29, 1.82) is 0 Å². The van der Waals surface area contributed by atoms with Crippen LogP contribution in [-0.4, -0.2) is 17.0 Å². The summed E-state index contributed by atoms with van der Waals surface area (Å²) in [5.74, 6) is 0.0345. The van der Waals surface area contributed by atoms with Gasteiger partial charge in [0.25, 0.3) is 0 Å². The Morgan fingerprint density at radius 1 is 1.44 bits per heavy atom. The summed E-state index contributed by atoms with van der Waals surface area (Å²) in [6, 6.07) is 4.43. The molecular formula is C14H16N2OS. The summed E-state index contributed by atoms with van der Waals surface area (Å²) in [5, 5.41) is 5.02. The second-order valence-electron chi connectivity index (χ2n) is 4.62. The third-order valence-electron chi connectivity index (χ3n) is 3.40. The van der Waals surface area contributed by atoms with Crippen LogP contribution in [0.2, 0.25) is 0 Å². The summed E-state index contributed by atoms with van der Waals surface area (Å²) in [4.78, 5) is 12.4. The Morgan fingerprint density at radius 2 is 2.33 bits per heavy atom. The average Bonchev–Trinajstić information content (AvgIpc) is 2.93. The molecule has 0 saturated heterocycles. The van der Waals surface area contributed by atoms with Crippen molar-refractivity contribution in [3.05, 3.63) is 34.2 Å². The highest BCUT2D eigenvalue weighted by atomic mass is 32.1. The van der Waals surface area contributed by atoms with E-state index < -0.39 is 0 Å². The van der Waals surface area contributed by atoms with Crippen LogP contribution in [-0.2, 0) is 24.2 Å². The van der Waals surface area contributed by atoms with Crippen LogP contribution >= 0.6 is 11.3 Å². The Labute approximate surface area is 110 Å². The topological polar surface area (TPSA) is 34.0 Å². The molecule has 4 heteroatoms. The Kier molecular flexibility index (Phi) is 2.96. The third kappa shape index (κ3) is 1.97. The average molecular weight is 260 g/mol. The van der Waals surface area contributed by atoms with Crippen molar-refractivity contribution in [3.63, 3.8) is 0 Å². The Morgan fingerprint density at radius 3 is 3.17 bits per heavy atom. The third-order valence-corrected chi connectivity index (χ3v) is 4.38. The van der Waals surface area contributed by atoms with Crippen molar-refractivity contribution in [1.82, 2.24) is 9.88 Å². The summed E-state index contributed by atoms with van der Waals surface area (Å²) in [6.07, 6.45) is 4.44. The molecule has 2 aromatic rings.